The van der Waals surface area contributed by atoms with Crippen LogP contribution in [0.1, 0.15) is 46.0 Å². The van der Waals surface area contributed by atoms with Crippen LogP contribution in [0.5, 0.6) is 5.75 Å². The number of rotatable bonds is 5. The summed E-state index contributed by atoms with van der Waals surface area (Å²) in [5.41, 5.74) is 8.40. The average molecular weight is 273 g/mol. The van der Waals surface area contributed by atoms with E-state index in [1.807, 2.05) is 12.1 Å². The van der Waals surface area contributed by atoms with Gasteiger partial charge in [0.25, 0.3) is 0 Å². The molecule has 0 bridgehead atoms. The van der Waals surface area contributed by atoms with Crippen molar-refractivity contribution in [3.05, 3.63) is 18.2 Å². The van der Waals surface area contributed by atoms with Crippen molar-refractivity contribution in [3.8, 4) is 5.75 Å². The highest BCUT2D eigenvalue weighted by atomic mass is 16.5. The molecule has 1 fully saturated rings. The van der Waals surface area contributed by atoms with Crippen molar-refractivity contribution in [2.24, 2.45) is 0 Å². The number of aromatic nitrogens is 2. The lowest BCUT2D eigenvalue weighted by Crippen LogP contribution is -2.40. The van der Waals surface area contributed by atoms with E-state index in [0.717, 1.165) is 29.6 Å². The summed E-state index contributed by atoms with van der Waals surface area (Å²) in [5.74, 6) is 1.47. The lowest BCUT2D eigenvalue weighted by molar-refractivity contribution is 0.144. The number of fused-ring (bicyclic) bond motifs is 1. The van der Waals surface area contributed by atoms with E-state index in [0.29, 0.717) is 12.6 Å². The third-order valence-electron chi connectivity index (χ3n) is 4.55. The van der Waals surface area contributed by atoms with Crippen molar-refractivity contribution in [1.82, 2.24) is 9.55 Å². The lowest BCUT2D eigenvalue weighted by atomic mass is 9.74. The molecule has 0 atom stereocenters. The molecule has 4 heteroatoms. The van der Waals surface area contributed by atoms with E-state index >= 15 is 0 Å². The maximum Gasteiger partial charge on any atom is 0.201 e. The molecule has 108 valence electrons. The van der Waals surface area contributed by atoms with Crippen molar-refractivity contribution in [2.45, 2.75) is 51.5 Å². The summed E-state index contributed by atoms with van der Waals surface area (Å²) in [6.45, 7) is 5.06. The maximum atomic E-state index is 6.22. The second-order valence-corrected chi connectivity index (χ2v) is 5.71. The number of hydrogen-bond acceptors (Lipinski definition) is 3. The summed E-state index contributed by atoms with van der Waals surface area (Å²) in [6.07, 6.45) is 5.76. The highest BCUT2D eigenvalue weighted by molar-refractivity contribution is 5.84. The molecule has 1 aliphatic carbocycles. The van der Waals surface area contributed by atoms with E-state index in [9.17, 15) is 0 Å². The van der Waals surface area contributed by atoms with Crippen LogP contribution in [-0.4, -0.2) is 16.2 Å². The first-order valence-electron chi connectivity index (χ1n) is 7.62. The van der Waals surface area contributed by atoms with Gasteiger partial charge in [-0.15, -0.1) is 0 Å². The van der Waals surface area contributed by atoms with Gasteiger partial charge in [-0.3, -0.25) is 0 Å². The van der Waals surface area contributed by atoms with Gasteiger partial charge < -0.3 is 15.0 Å². The van der Waals surface area contributed by atoms with Crippen LogP contribution in [0.15, 0.2) is 18.2 Å². The number of benzene rings is 1. The molecular weight excluding hydrogens is 250 g/mol. The topological polar surface area (TPSA) is 53.1 Å². The van der Waals surface area contributed by atoms with Crippen molar-refractivity contribution in [2.75, 3.05) is 12.3 Å². The number of ether oxygens (including phenoxy) is 1. The zero-order valence-corrected chi connectivity index (χ0v) is 12.4. The maximum absolute atomic E-state index is 6.22. The smallest absolute Gasteiger partial charge is 0.201 e. The zero-order valence-electron chi connectivity index (χ0n) is 12.4. The fourth-order valence-corrected chi connectivity index (χ4v) is 3.24. The minimum absolute atomic E-state index is 0.169. The Bertz CT molecular complexity index is 608. The van der Waals surface area contributed by atoms with E-state index in [1.165, 1.54) is 19.3 Å². The first-order valence-corrected chi connectivity index (χ1v) is 7.62. The molecule has 0 saturated heterocycles. The molecule has 1 saturated carbocycles. The van der Waals surface area contributed by atoms with Gasteiger partial charge in [-0.2, -0.15) is 0 Å². The highest BCUT2D eigenvalue weighted by Crippen LogP contribution is 2.45. The van der Waals surface area contributed by atoms with Crippen LogP contribution < -0.4 is 10.5 Å². The molecule has 1 aromatic carbocycles. The van der Waals surface area contributed by atoms with Gasteiger partial charge in [-0.25, -0.2) is 4.98 Å². The van der Waals surface area contributed by atoms with Crippen LogP contribution in [0.3, 0.4) is 0 Å². The second kappa shape index (κ2) is 5.00. The molecule has 1 heterocycles. The Balaban J connectivity index is 2.12. The summed E-state index contributed by atoms with van der Waals surface area (Å²) in [4.78, 5) is 4.58. The van der Waals surface area contributed by atoms with Crippen molar-refractivity contribution in [1.29, 1.82) is 0 Å². The van der Waals surface area contributed by atoms with Crippen molar-refractivity contribution < 1.29 is 4.74 Å². The molecule has 20 heavy (non-hydrogen) atoms. The van der Waals surface area contributed by atoms with Gasteiger partial charge in [0.1, 0.15) is 11.3 Å². The van der Waals surface area contributed by atoms with Gasteiger partial charge in [-0.05, 0) is 44.2 Å². The van der Waals surface area contributed by atoms with E-state index in [1.54, 1.807) is 0 Å². The van der Waals surface area contributed by atoms with Crippen LogP contribution in [0.25, 0.3) is 11.0 Å². The average Bonchev–Trinajstić information content (AvgIpc) is 2.74. The van der Waals surface area contributed by atoms with Gasteiger partial charge in [0.15, 0.2) is 0 Å². The molecule has 2 N–H and O–H groups in total. The molecule has 3 rings (SSSR count). The number of imidazole rings is 1. The standard InChI is InChI=1S/C16H23N3O/c1-3-11-20-13-8-5-7-12-14(13)18-15(17)19(12)16(4-2)9-6-10-16/h5,7-8H,3-4,6,9-11H2,1-2H3,(H2,17,18). The molecular formula is C16H23N3O. The summed E-state index contributed by atoms with van der Waals surface area (Å²) >= 11 is 0. The Morgan fingerprint density at radius 1 is 1.35 bits per heavy atom. The highest BCUT2D eigenvalue weighted by Gasteiger charge is 2.39. The molecule has 1 aliphatic rings. The number of para-hydroxylation sites is 1. The Morgan fingerprint density at radius 3 is 2.75 bits per heavy atom. The first kappa shape index (κ1) is 13.3. The van der Waals surface area contributed by atoms with Gasteiger partial charge >= 0.3 is 0 Å². The Hall–Kier alpha value is -1.71. The Labute approximate surface area is 119 Å². The molecule has 0 spiro atoms. The van der Waals surface area contributed by atoms with Crippen molar-refractivity contribution in [3.63, 3.8) is 0 Å². The number of nitrogens with two attached hydrogens (primary N) is 1. The van der Waals surface area contributed by atoms with Crippen LogP contribution in [0.2, 0.25) is 0 Å². The minimum atomic E-state index is 0.169. The normalized spacial score (nSPS) is 17.1. The summed E-state index contributed by atoms with van der Waals surface area (Å²) in [7, 11) is 0. The van der Waals surface area contributed by atoms with Crippen LogP contribution >= 0.6 is 0 Å². The molecule has 0 unspecified atom stereocenters. The van der Waals surface area contributed by atoms with Gasteiger partial charge in [0, 0.05) is 5.54 Å². The number of nitrogens with zero attached hydrogens (tertiary/aromatic N) is 2. The molecule has 0 radical (unpaired) electrons. The van der Waals surface area contributed by atoms with E-state index in [2.05, 4.69) is 29.5 Å². The van der Waals surface area contributed by atoms with Gasteiger partial charge in [0.05, 0.1) is 12.1 Å². The second-order valence-electron chi connectivity index (χ2n) is 5.71. The quantitative estimate of drug-likeness (QED) is 0.903. The van der Waals surface area contributed by atoms with Gasteiger partial charge in [0.2, 0.25) is 5.95 Å². The van der Waals surface area contributed by atoms with Crippen LogP contribution in [0.4, 0.5) is 5.95 Å². The van der Waals surface area contributed by atoms with Crippen LogP contribution in [0, 0.1) is 0 Å². The first-order chi connectivity index (χ1) is 9.72. The SMILES string of the molecule is CCCOc1cccc2c1nc(N)n2C1(CC)CCC1. The third-order valence-corrected chi connectivity index (χ3v) is 4.55. The molecule has 4 nitrogen and oxygen atoms in total. The molecule has 0 amide bonds. The monoisotopic (exact) mass is 273 g/mol. The number of anilines is 1. The predicted molar refractivity (Wildman–Crippen MR) is 82.0 cm³/mol. The van der Waals surface area contributed by atoms with Crippen LogP contribution in [-0.2, 0) is 5.54 Å². The molecule has 1 aromatic heterocycles. The van der Waals surface area contributed by atoms with E-state index in [4.69, 9.17) is 10.5 Å². The third kappa shape index (κ3) is 1.86. The Morgan fingerprint density at radius 2 is 2.15 bits per heavy atom. The van der Waals surface area contributed by atoms with Crippen molar-refractivity contribution >= 4 is 17.0 Å². The fraction of sp³-hybridized carbons (Fsp3) is 0.562. The number of nitrogen functional groups attached to an aromatic ring is 1. The van der Waals surface area contributed by atoms with E-state index < -0.39 is 0 Å². The summed E-state index contributed by atoms with van der Waals surface area (Å²) in [5, 5.41) is 0. The van der Waals surface area contributed by atoms with Gasteiger partial charge in [-0.1, -0.05) is 19.9 Å². The Kier molecular flexibility index (Phi) is 3.32. The van der Waals surface area contributed by atoms with E-state index in [-0.39, 0.29) is 5.54 Å². The predicted octanol–water partition coefficient (Wildman–Crippen LogP) is 3.70. The lowest BCUT2D eigenvalue weighted by Gasteiger charge is -2.43. The molecule has 2 aromatic rings. The number of hydrogen-bond donors (Lipinski definition) is 1. The summed E-state index contributed by atoms with van der Waals surface area (Å²) in [6, 6.07) is 6.12. The largest absolute Gasteiger partial charge is 0.491 e. The zero-order chi connectivity index (χ0) is 14.2. The summed E-state index contributed by atoms with van der Waals surface area (Å²) < 4.78 is 8.04. The fourth-order valence-electron chi connectivity index (χ4n) is 3.24. The minimum Gasteiger partial charge on any atom is -0.491 e. The molecule has 0 aliphatic heterocycles.